The monoisotopic (exact) mass is 330 g/mol. The molecule has 0 saturated carbocycles. The maximum atomic E-state index is 11.6. The first-order valence-electron chi connectivity index (χ1n) is 6.64. The van der Waals surface area contributed by atoms with Gasteiger partial charge < -0.3 is 9.30 Å². The fraction of sp³-hybridized carbons (Fsp3) is 0.500. The van der Waals surface area contributed by atoms with Gasteiger partial charge >= 0.3 is 0 Å². The molecule has 0 saturated heterocycles. The quantitative estimate of drug-likeness (QED) is 0.763. The highest BCUT2D eigenvalue weighted by Crippen LogP contribution is 2.26. The summed E-state index contributed by atoms with van der Waals surface area (Å²) in [5.41, 5.74) is 1.68. The van der Waals surface area contributed by atoms with Gasteiger partial charge in [-0.25, -0.2) is 13.4 Å². The van der Waals surface area contributed by atoms with E-state index in [1.807, 2.05) is 29.7 Å². The Labute approximate surface area is 129 Å². The molecule has 0 aliphatic heterocycles. The van der Waals surface area contributed by atoms with Crippen molar-refractivity contribution < 1.29 is 13.2 Å². The minimum absolute atomic E-state index is 0.0692. The van der Waals surface area contributed by atoms with Gasteiger partial charge in [0.1, 0.15) is 21.4 Å². The first-order chi connectivity index (χ1) is 9.85. The molecule has 0 aliphatic carbocycles. The van der Waals surface area contributed by atoms with Crippen LogP contribution in [0.5, 0.6) is 5.75 Å². The number of nitrogens with zero attached hydrogens (tertiary/aromatic N) is 2. The summed E-state index contributed by atoms with van der Waals surface area (Å²) < 4.78 is 30.3. The standard InChI is InChI=1S/C14H19ClN2O3S/c1-10(9-21(3,18)19)17-13-5-4-11(20-2)8-12(13)16-14(17)6-7-15/h4-5,8,10H,6-7,9H2,1-3H3. The molecule has 5 nitrogen and oxygen atoms in total. The third-order valence-corrected chi connectivity index (χ3v) is 4.55. The van der Waals surface area contributed by atoms with E-state index in [0.717, 1.165) is 22.6 Å². The zero-order chi connectivity index (χ0) is 15.6. The van der Waals surface area contributed by atoms with Crippen molar-refractivity contribution in [2.45, 2.75) is 19.4 Å². The van der Waals surface area contributed by atoms with Crippen LogP contribution in [0.1, 0.15) is 18.8 Å². The molecule has 7 heteroatoms. The van der Waals surface area contributed by atoms with Crippen LogP contribution in [0.4, 0.5) is 0 Å². The number of aromatic nitrogens is 2. The molecule has 1 aromatic carbocycles. The zero-order valence-electron chi connectivity index (χ0n) is 12.3. The number of aryl methyl sites for hydroxylation is 1. The Morgan fingerprint density at radius 2 is 2.14 bits per heavy atom. The first-order valence-corrected chi connectivity index (χ1v) is 9.23. The Hall–Kier alpha value is -1.27. The van der Waals surface area contributed by atoms with E-state index in [-0.39, 0.29) is 11.8 Å². The summed E-state index contributed by atoms with van der Waals surface area (Å²) in [7, 11) is -1.47. The second-order valence-electron chi connectivity index (χ2n) is 5.13. The molecule has 2 rings (SSSR count). The molecular formula is C14H19ClN2O3S. The number of hydrogen-bond donors (Lipinski definition) is 0. The van der Waals surface area contributed by atoms with Crippen LogP contribution in [0.3, 0.4) is 0 Å². The first kappa shape index (κ1) is 16.1. The van der Waals surface area contributed by atoms with E-state index in [0.29, 0.717) is 12.3 Å². The van der Waals surface area contributed by atoms with Gasteiger partial charge in [-0.1, -0.05) is 0 Å². The molecule has 1 heterocycles. The average molecular weight is 331 g/mol. The zero-order valence-corrected chi connectivity index (χ0v) is 13.9. The van der Waals surface area contributed by atoms with Crippen LogP contribution in [-0.4, -0.2) is 43.0 Å². The van der Waals surface area contributed by atoms with Crippen molar-refractivity contribution in [2.75, 3.05) is 25.0 Å². The second kappa shape index (κ2) is 6.23. The molecule has 1 atom stereocenters. The lowest BCUT2D eigenvalue weighted by Crippen LogP contribution is -2.18. The Morgan fingerprint density at radius 3 is 2.71 bits per heavy atom. The Balaban J connectivity index is 2.55. The second-order valence-corrected chi connectivity index (χ2v) is 7.70. The summed E-state index contributed by atoms with van der Waals surface area (Å²) in [6, 6.07) is 5.39. The number of sulfone groups is 1. The van der Waals surface area contributed by atoms with Crippen molar-refractivity contribution in [3.8, 4) is 5.75 Å². The van der Waals surface area contributed by atoms with E-state index in [1.54, 1.807) is 7.11 Å². The molecular weight excluding hydrogens is 312 g/mol. The fourth-order valence-electron chi connectivity index (χ4n) is 2.52. The largest absolute Gasteiger partial charge is 0.497 e. The maximum absolute atomic E-state index is 11.6. The third kappa shape index (κ3) is 3.68. The van der Waals surface area contributed by atoms with Gasteiger partial charge in [-0.3, -0.25) is 0 Å². The van der Waals surface area contributed by atoms with Gasteiger partial charge in [0.2, 0.25) is 0 Å². The normalized spacial score (nSPS) is 13.5. The molecule has 2 aromatic rings. The van der Waals surface area contributed by atoms with Crippen molar-refractivity contribution in [3.63, 3.8) is 0 Å². The van der Waals surface area contributed by atoms with E-state index in [4.69, 9.17) is 16.3 Å². The lowest BCUT2D eigenvalue weighted by Gasteiger charge is -2.16. The summed E-state index contributed by atoms with van der Waals surface area (Å²) >= 11 is 5.84. The molecule has 0 amide bonds. The van der Waals surface area contributed by atoms with Gasteiger partial charge in [-0.05, 0) is 19.1 Å². The van der Waals surface area contributed by atoms with E-state index in [2.05, 4.69) is 4.98 Å². The van der Waals surface area contributed by atoms with Gasteiger partial charge in [0.25, 0.3) is 0 Å². The number of imidazole rings is 1. The summed E-state index contributed by atoms with van der Waals surface area (Å²) in [4.78, 5) is 4.57. The number of benzene rings is 1. The maximum Gasteiger partial charge on any atom is 0.149 e. The molecule has 0 N–H and O–H groups in total. The van der Waals surface area contributed by atoms with E-state index in [9.17, 15) is 8.42 Å². The van der Waals surface area contributed by atoms with Crippen LogP contribution in [-0.2, 0) is 16.3 Å². The molecule has 116 valence electrons. The van der Waals surface area contributed by atoms with Crippen LogP contribution in [0.2, 0.25) is 0 Å². The van der Waals surface area contributed by atoms with Crippen LogP contribution in [0.15, 0.2) is 18.2 Å². The number of ether oxygens (including phenoxy) is 1. The van der Waals surface area contributed by atoms with Crippen LogP contribution >= 0.6 is 11.6 Å². The number of fused-ring (bicyclic) bond motifs is 1. The number of rotatable bonds is 6. The van der Waals surface area contributed by atoms with Crippen molar-refractivity contribution in [2.24, 2.45) is 0 Å². The Bertz CT molecular complexity index is 740. The van der Waals surface area contributed by atoms with Gasteiger partial charge in [0.05, 0.1) is 23.9 Å². The van der Waals surface area contributed by atoms with Crippen LogP contribution in [0.25, 0.3) is 11.0 Å². The molecule has 0 bridgehead atoms. The fourth-order valence-corrected chi connectivity index (χ4v) is 3.72. The predicted octanol–water partition coefficient (Wildman–Crippen LogP) is 2.43. The topological polar surface area (TPSA) is 61.2 Å². The summed E-state index contributed by atoms with van der Waals surface area (Å²) in [6.45, 7) is 1.88. The summed E-state index contributed by atoms with van der Waals surface area (Å²) in [5, 5.41) is 0. The minimum atomic E-state index is -3.07. The van der Waals surface area contributed by atoms with Crippen molar-refractivity contribution in [1.29, 1.82) is 0 Å². The molecule has 0 radical (unpaired) electrons. The van der Waals surface area contributed by atoms with Crippen LogP contribution < -0.4 is 4.74 Å². The molecule has 1 aromatic heterocycles. The lowest BCUT2D eigenvalue weighted by molar-refractivity contribution is 0.415. The number of alkyl halides is 1. The smallest absolute Gasteiger partial charge is 0.149 e. The minimum Gasteiger partial charge on any atom is -0.497 e. The average Bonchev–Trinajstić information content (AvgIpc) is 2.73. The van der Waals surface area contributed by atoms with Crippen LogP contribution in [0, 0.1) is 0 Å². The Morgan fingerprint density at radius 1 is 1.43 bits per heavy atom. The van der Waals surface area contributed by atoms with E-state index < -0.39 is 9.84 Å². The third-order valence-electron chi connectivity index (χ3n) is 3.27. The Kier molecular flexibility index (Phi) is 4.78. The predicted molar refractivity (Wildman–Crippen MR) is 85.1 cm³/mol. The van der Waals surface area contributed by atoms with Gasteiger partial charge in [-0.15, -0.1) is 11.6 Å². The number of halogens is 1. The molecule has 0 fully saturated rings. The number of methoxy groups -OCH3 is 1. The summed E-state index contributed by atoms with van der Waals surface area (Å²) in [5.74, 6) is 2.02. The lowest BCUT2D eigenvalue weighted by atomic mass is 10.2. The molecule has 1 unspecified atom stereocenters. The van der Waals surface area contributed by atoms with Crippen molar-refractivity contribution in [1.82, 2.24) is 9.55 Å². The highest BCUT2D eigenvalue weighted by Gasteiger charge is 2.19. The highest BCUT2D eigenvalue weighted by molar-refractivity contribution is 7.90. The van der Waals surface area contributed by atoms with E-state index in [1.165, 1.54) is 6.26 Å². The number of hydrogen-bond acceptors (Lipinski definition) is 4. The van der Waals surface area contributed by atoms with Gasteiger partial charge in [0, 0.05) is 30.7 Å². The van der Waals surface area contributed by atoms with Crippen molar-refractivity contribution in [3.05, 3.63) is 24.0 Å². The van der Waals surface area contributed by atoms with Gasteiger partial charge in [-0.2, -0.15) is 0 Å². The highest BCUT2D eigenvalue weighted by atomic mass is 35.5. The molecule has 0 spiro atoms. The van der Waals surface area contributed by atoms with Crippen molar-refractivity contribution >= 4 is 32.5 Å². The summed E-state index contributed by atoms with van der Waals surface area (Å²) in [6.07, 6.45) is 1.83. The molecule has 21 heavy (non-hydrogen) atoms. The van der Waals surface area contributed by atoms with Gasteiger partial charge in [0.15, 0.2) is 0 Å². The molecule has 0 aliphatic rings. The SMILES string of the molecule is COc1ccc2c(c1)nc(CCCl)n2C(C)CS(C)(=O)=O. The van der Waals surface area contributed by atoms with E-state index >= 15 is 0 Å².